The van der Waals surface area contributed by atoms with Crippen LogP contribution in [0.1, 0.15) is 202 Å². The number of hydrogen-bond donors (Lipinski definition) is 9. The van der Waals surface area contributed by atoms with Crippen LogP contribution in [0.25, 0.3) is 11.2 Å². The monoisotopic (exact) mass is 2330 g/mol. The number of alkyl halides is 2. The third-order valence-electron chi connectivity index (χ3n) is 27.4. The van der Waals surface area contributed by atoms with Crippen LogP contribution in [-0.2, 0) is 116 Å². The Hall–Kier alpha value is -8.96. The number of aliphatic carboxylic acids is 1. The van der Waals surface area contributed by atoms with Gasteiger partial charge in [-0.25, -0.2) is 9.67 Å². The molecule has 0 aliphatic carbocycles. The van der Waals surface area contributed by atoms with Gasteiger partial charge in [-0.05, 0) is 176 Å². The van der Waals surface area contributed by atoms with Crippen molar-refractivity contribution in [2.45, 2.75) is 352 Å². The molecule has 41 heteroatoms. The second kappa shape index (κ2) is 65.0. The average Bonchev–Trinajstić information content (AvgIpc) is 1.60. The molecule has 0 unspecified atom stereocenters. The summed E-state index contributed by atoms with van der Waals surface area (Å²) in [5.74, 6) is -2.21. The molecule has 3 spiro atoms. The highest BCUT2D eigenvalue weighted by Gasteiger charge is 2.61. The van der Waals surface area contributed by atoms with Crippen LogP contribution < -0.4 is 26.6 Å². The number of ether oxygens (including phenoxy) is 12. The minimum Gasteiger partial charge on any atom is -0.481 e. The van der Waals surface area contributed by atoms with Crippen LogP contribution in [0.2, 0.25) is 0 Å². The van der Waals surface area contributed by atoms with Crippen LogP contribution in [0.4, 0.5) is 0 Å². The number of carbonyl (C=O) groups is 11. The van der Waals surface area contributed by atoms with Crippen molar-refractivity contribution in [3.63, 3.8) is 0 Å². The molecule has 0 saturated carbocycles. The number of terminal acetylenes is 1. The van der Waals surface area contributed by atoms with Crippen LogP contribution in [0, 0.1) is 30.6 Å². The molecule has 2 aromatic rings. The van der Waals surface area contributed by atoms with Crippen LogP contribution in [0.15, 0.2) is 126 Å². The molecule has 0 radical (unpaired) electrons. The second-order valence-electron chi connectivity index (χ2n) is 40.4. The van der Waals surface area contributed by atoms with Gasteiger partial charge in [0.1, 0.15) is 85.2 Å². The standard InChI is InChI=1S/C34H52IN3O9.C34H45N5O8.C32H51N3O8.C5H13N.C2H3IO2.C2H2/c1-21(8-11-28-22(2)16-27(24(4)46-28)36-30(40)13-10-23(3)45-25(5)39)9-12-29-33(43)34(20-44-34)18-26(47-29)17-31(41)37(6)14-15-38(7)32(42)19-35;1-20(8-11-29-21(2)15-28(23(4)46-29)36-31(42)13-10-22(3)45-24(5)40)9-12-30-32(43)34(19-44-34)17-26(47-30)16-25(41)18-39-33-27(37-38-39)7-6-14-35-33;1-20(8-11-27-21(2)16-26(23(4)42-27)34-29(37)13-10-22(3)41-24(5)36)9-12-28-31(39)32(19-40-32)18-25(43-28)17-30(38)35(7)15-14-33-6;1-3-4-5-6-2;3-1-2(4)5;1-2/h8-10,12-13,22-24,26-29,33,43H,11,14-20H2,1-7H3,(H,36,40);6-10,12-14,21-23,26,28-30,32,43H,11,15-19H2,1-5H3,(H,36,42);8-10,12-13,21-23,25-28,31,33,39H,11,14-19H2,1-7H3,(H,34,37);6H,3-5H2,1-2H3;1H2,(H,4,5);1-2H/b12-9+,13-10-,21-8+;2*12-9+,13-10-,20-8+;;;/t22-,23-,24+,26+,27+,28-,29+,33+,34+;21-,22-,23+,26+,28+,29-,30+,32+,34+;21-,22-,23+,25+,26+,27-,28+,31+,32+;;;/m000.../s1/i;;;;;1D. The third kappa shape index (κ3) is 44.5. The Kier molecular flexibility index (Phi) is 55.5. The van der Waals surface area contributed by atoms with E-state index in [2.05, 4.69) is 94.2 Å². The van der Waals surface area contributed by atoms with Crippen LogP contribution in [0.5, 0.6) is 0 Å². The van der Waals surface area contributed by atoms with E-state index in [1.54, 1.807) is 116 Å². The summed E-state index contributed by atoms with van der Waals surface area (Å²) < 4.78 is 77.4. The highest BCUT2D eigenvalue weighted by atomic mass is 127. The number of likely N-dealkylation sites (N-methyl/N-ethyl adjacent to an activating group) is 4. The Balaban J connectivity index is 0.000000324. The number of aliphatic hydroxyl groups excluding tert-OH is 3. The van der Waals surface area contributed by atoms with Gasteiger partial charge in [-0.1, -0.05) is 156 Å². The molecule has 11 heterocycles. The van der Waals surface area contributed by atoms with E-state index in [-0.39, 0.29) is 150 Å². The summed E-state index contributed by atoms with van der Waals surface area (Å²) in [5, 5.41) is 63.9. The lowest BCUT2D eigenvalue weighted by atomic mass is 9.87. The molecule has 39 nitrogen and oxygen atoms in total. The van der Waals surface area contributed by atoms with Crippen molar-refractivity contribution >= 4 is 121 Å². The highest BCUT2D eigenvalue weighted by Crippen LogP contribution is 2.47. The van der Waals surface area contributed by atoms with Gasteiger partial charge in [-0.3, -0.25) is 52.7 Å². The van der Waals surface area contributed by atoms with E-state index in [0.29, 0.717) is 100 Å². The maximum atomic E-state index is 13.0. The minimum atomic E-state index is -0.837. The predicted molar refractivity (Wildman–Crippen MR) is 583 cm³/mol. The molecular formula is C109H166I2N12O27. The van der Waals surface area contributed by atoms with Crippen LogP contribution in [0.3, 0.4) is 0 Å². The number of halogens is 2. The van der Waals surface area contributed by atoms with E-state index in [0.717, 1.165) is 42.5 Å². The fraction of sp³-hybridized carbons (Fsp3) is 0.670. The molecule has 11 rings (SSSR count). The number of carboxylic acids is 1. The number of epoxide rings is 3. The average molecular weight is 2330 g/mol. The van der Waals surface area contributed by atoms with Crippen molar-refractivity contribution in [3.05, 3.63) is 126 Å². The second-order valence-corrected chi connectivity index (χ2v) is 41.9. The first-order valence-corrected chi connectivity index (χ1v) is 54.8. The smallest absolute Gasteiger partial charge is 0.313 e. The third-order valence-corrected chi connectivity index (χ3v) is 28.7. The van der Waals surface area contributed by atoms with Crippen molar-refractivity contribution in [1.82, 2.24) is 61.3 Å². The molecule has 9 fully saturated rings. The van der Waals surface area contributed by atoms with Crippen LogP contribution in [-0.4, -0.2) is 362 Å². The molecule has 9 N–H and O–H groups in total. The predicted octanol–water partition coefficient (Wildman–Crippen LogP) is 9.29. The molecule has 9 aliphatic heterocycles. The lowest BCUT2D eigenvalue weighted by Crippen LogP contribution is -2.51. The minimum absolute atomic E-state index is 0.000905. The quantitative estimate of drug-likeness (QED) is 0.00343. The zero-order valence-corrected chi connectivity index (χ0v) is 95.4. The van der Waals surface area contributed by atoms with E-state index >= 15 is 0 Å². The molecule has 0 aromatic carbocycles. The lowest BCUT2D eigenvalue weighted by molar-refractivity contribution is -0.151. The van der Waals surface area contributed by atoms with Gasteiger partial charge in [0, 0.05) is 118 Å². The Morgan fingerprint density at radius 3 is 1.17 bits per heavy atom. The fourth-order valence-electron chi connectivity index (χ4n) is 18.2. The van der Waals surface area contributed by atoms with Gasteiger partial charge in [0.2, 0.25) is 35.4 Å². The summed E-state index contributed by atoms with van der Waals surface area (Å²) in [6, 6.07) is 3.16. The first-order chi connectivity index (χ1) is 71.5. The number of ketones is 1. The van der Waals surface area contributed by atoms with Crippen LogP contribution >= 0.6 is 45.2 Å². The number of aromatic nitrogens is 4. The Morgan fingerprint density at radius 2 is 0.860 bits per heavy atom. The first kappa shape index (κ1) is 128. The summed E-state index contributed by atoms with van der Waals surface area (Å²) in [5.41, 5.74) is 2.15. The van der Waals surface area contributed by atoms with Gasteiger partial charge in [0.25, 0.3) is 0 Å². The summed E-state index contributed by atoms with van der Waals surface area (Å²) in [6.07, 6.45) is 35.4. The molecule has 0 bridgehead atoms. The van der Waals surface area contributed by atoms with E-state index in [1.165, 1.54) is 62.9 Å². The summed E-state index contributed by atoms with van der Waals surface area (Å²) in [4.78, 5) is 139. The maximum absolute atomic E-state index is 13.0. The van der Waals surface area contributed by atoms with Gasteiger partial charge in [0.15, 0.2) is 11.4 Å². The number of carbonyl (C=O) groups excluding carboxylic acids is 10. The number of unbranched alkanes of at least 4 members (excludes halogenated alkanes) is 1. The molecular weight excluding hydrogens is 2160 g/mol. The fourth-order valence-corrected chi connectivity index (χ4v) is 18.8. The number of nitrogens with one attached hydrogen (secondary N) is 5. The summed E-state index contributed by atoms with van der Waals surface area (Å²) in [7, 11) is 9.07. The summed E-state index contributed by atoms with van der Waals surface area (Å²) in [6.45, 7) is 34.2. The molecule has 150 heavy (non-hydrogen) atoms. The molecule has 9 saturated heterocycles. The Morgan fingerprint density at radius 1 is 0.527 bits per heavy atom. The SMILES string of the molecule is CC(=O)O[C@@H](C)/C=C\C(=O)N[C@@H]1C[C@H](C)[C@H](C/C=C(C)/C=C/[C@H]2O[C@H](CC(=O)Cn3nnc4cccnc43)C[C@@]3(CO3)[C@@H]2O)O[C@@H]1C.CC(=O)O[C@@H](C)/C=C\C(=O)N[C@@H]1C[C@H](C)[C@H](C/C=C(C)/C=C/[C@H]2O[C@H](CC(=O)N(C)CCN(C)C(=O)CI)C[C@@]3(CO3)[C@@H]2O)O[C@@H]1C.CCCCNC.CNCCN(C)C(=O)C[C@@H]1C[C@@]2(CO2)[C@H](O)[C@@H](/C=C/C(C)=C/C[C@@H]2O[C@H](C)[C@H](NC(=O)/C=C\[C@H](C)OC(C)=O)C[C@@H]2C)O1.O=C(O)CI.[2H]C#C. The molecule has 27 atom stereocenters. The van der Waals surface area contributed by atoms with Crippen molar-refractivity contribution in [2.24, 2.45) is 17.8 Å². The van der Waals surface area contributed by atoms with Crippen molar-refractivity contribution in [3.8, 4) is 12.8 Å². The molecule has 838 valence electrons. The Bertz CT molecular complexity index is 5030. The first-order valence-electron chi connectivity index (χ1n) is 52.3. The van der Waals surface area contributed by atoms with Crippen molar-refractivity contribution in [2.75, 3.05) is 96.6 Å². The summed E-state index contributed by atoms with van der Waals surface area (Å²) >= 11 is 3.80. The van der Waals surface area contributed by atoms with Gasteiger partial charge < -0.3 is 119 Å². The molecule has 2 aromatic heterocycles. The molecule has 9 aliphatic rings. The van der Waals surface area contributed by atoms with E-state index in [9.17, 15) is 68.1 Å². The number of amides is 6. The van der Waals surface area contributed by atoms with Gasteiger partial charge in [-0.15, -0.1) is 17.9 Å². The van der Waals surface area contributed by atoms with Crippen molar-refractivity contribution < 1.29 is 131 Å². The number of rotatable bonds is 43. The lowest BCUT2D eigenvalue weighted by Gasteiger charge is -2.39. The number of esters is 3. The van der Waals surface area contributed by atoms with E-state index in [4.69, 9.17) is 63.3 Å². The van der Waals surface area contributed by atoms with Gasteiger partial charge >= 0.3 is 23.9 Å². The molecule has 6 amide bonds. The largest absolute Gasteiger partial charge is 0.481 e. The number of Topliss-reactive ketones (excluding diaryl/α,β-unsaturated/α-hetero) is 1. The number of fused-ring (bicyclic) bond motifs is 1. The Labute approximate surface area is 913 Å². The maximum Gasteiger partial charge on any atom is 0.313 e. The van der Waals surface area contributed by atoms with Gasteiger partial charge in [-0.2, -0.15) is 0 Å². The zero-order chi connectivity index (χ0) is 112. The number of aliphatic hydroxyl groups is 3. The normalized spacial score (nSPS) is 30.1. The van der Waals surface area contributed by atoms with Crippen molar-refractivity contribution in [1.29, 1.82) is 0 Å². The number of hydrogen-bond acceptors (Lipinski definition) is 31. The number of nitrogens with zero attached hydrogens (tertiary/aromatic N) is 7. The van der Waals surface area contributed by atoms with E-state index < -0.39 is 108 Å². The van der Waals surface area contributed by atoms with Gasteiger partial charge in [0.05, 0.1) is 115 Å². The number of carboxylic acid groups (broad SMARTS) is 1. The topological polar surface area (TPSA) is 503 Å². The van der Waals surface area contributed by atoms with E-state index in [1.807, 2.05) is 115 Å². The number of pyridine rings is 1. The zero-order valence-electron chi connectivity index (χ0n) is 92.1. The highest BCUT2D eigenvalue weighted by molar-refractivity contribution is 14.1. The number of allylic oxidation sites excluding steroid dienone is 6.